The predicted octanol–water partition coefficient (Wildman–Crippen LogP) is 3.54. The van der Waals surface area contributed by atoms with Crippen LogP contribution >= 0.6 is 23.2 Å². The highest BCUT2D eigenvalue weighted by Crippen LogP contribution is 2.37. The summed E-state index contributed by atoms with van der Waals surface area (Å²) in [5, 5.41) is 25.0. The molecule has 1 heterocycles. The topological polar surface area (TPSA) is 122 Å². The van der Waals surface area contributed by atoms with Crippen LogP contribution < -0.4 is 10.6 Å². The molecular formula is C26H30Cl2N4O5. The zero-order valence-electron chi connectivity index (χ0n) is 20.4. The second-order valence-electron chi connectivity index (χ2n) is 9.74. The van der Waals surface area contributed by atoms with Crippen LogP contribution in [0.25, 0.3) is 0 Å². The lowest BCUT2D eigenvalue weighted by molar-refractivity contribution is -0.131. The summed E-state index contributed by atoms with van der Waals surface area (Å²) in [7, 11) is 1.73. The zero-order valence-corrected chi connectivity index (χ0v) is 21.9. The molecule has 1 saturated heterocycles. The van der Waals surface area contributed by atoms with Gasteiger partial charge in [-0.05, 0) is 54.7 Å². The Morgan fingerprint density at radius 1 is 1.16 bits per heavy atom. The normalized spacial score (nSPS) is 19.2. The number of nitrogens with zero attached hydrogens (tertiary/aromatic N) is 2. The number of carbonyl (C=O) groups is 3. The third kappa shape index (κ3) is 6.73. The maximum atomic E-state index is 13.3. The number of β-amino-alcohol motifs (C(OH)–C–C–N with tert-alkyl or cyclic N) is 1. The van der Waals surface area contributed by atoms with Gasteiger partial charge in [0.05, 0.1) is 28.6 Å². The zero-order chi connectivity index (χ0) is 26.7. The van der Waals surface area contributed by atoms with Gasteiger partial charge in [-0.2, -0.15) is 0 Å². The van der Waals surface area contributed by atoms with Crippen LogP contribution in [0.3, 0.4) is 0 Å². The van der Waals surface area contributed by atoms with Crippen LogP contribution in [0.15, 0.2) is 42.5 Å². The fourth-order valence-electron chi connectivity index (χ4n) is 4.61. The molecule has 1 saturated carbocycles. The molecule has 4 N–H and O–H groups in total. The molecule has 1 aliphatic carbocycles. The minimum absolute atomic E-state index is 0.125. The number of anilines is 1. The smallest absolute Gasteiger partial charge is 0.405 e. The van der Waals surface area contributed by atoms with Gasteiger partial charge in [-0.3, -0.25) is 14.5 Å². The molecule has 4 rings (SSSR count). The van der Waals surface area contributed by atoms with Crippen LogP contribution in [0.5, 0.6) is 0 Å². The molecule has 0 bridgehead atoms. The van der Waals surface area contributed by atoms with Gasteiger partial charge in [0.15, 0.2) is 0 Å². The minimum Gasteiger partial charge on any atom is -0.465 e. The molecule has 1 aliphatic heterocycles. The lowest BCUT2D eigenvalue weighted by Crippen LogP contribution is -2.45. The van der Waals surface area contributed by atoms with Crippen molar-refractivity contribution in [3.05, 3.63) is 63.6 Å². The van der Waals surface area contributed by atoms with Gasteiger partial charge < -0.3 is 25.7 Å². The van der Waals surface area contributed by atoms with Crippen molar-refractivity contribution in [1.82, 2.24) is 15.1 Å². The summed E-state index contributed by atoms with van der Waals surface area (Å²) in [6.45, 7) is 1.74. The fourth-order valence-corrected chi connectivity index (χ4v) is 4.93. The second kappa shape index (κ2) is 11.3. The monoisotopic (exact) mass is 548 g/mol. The van der Waals surface area contributed by atoms with Crippen molar-refractivity contribution in [2.75, 3.05) is 32.0 Å². The van der Waals surface area contributed by atoms with Crippen LogP contribution in [0.2, 0.25) is 10.0 Å². The van der Waals surface area contributed by atoms with Gasteiger partial charge in [0, 0.05) is 32.4 Å². The van der Waals surface area contributed by atoms with E-state index in [1.807, 2.05) is 6.07 Å². The van der Waals surface area contributed by atoms with Crippen LogP contribution in [0.4, 0.5) is 10.5 Å². The van der Waals surface area contributed by atoms with Gasteiger partial charge in [0.2, 0.25) is 11.8 Å². The molecular weight excluding hydrogens is 519 g/mol. The van der Waals surface area contributed by atoms with E-state index in [9.17, 15) is 19.5 Å². The number of hydrogen-bond donors (Lipinski definition) is 4. The predicted molar refractivity (Wildman–Crippen MR) is 141 cm³/mol. The summed E-state index contributed by atoms with van der Waals surface area (Å²) in [6, 6.07) is 12.0. The molecule has 37 heavy (non-hydrogen) atoms. The number of hydrogen-bond acceptors (Lipinski definition) is 5. The Morgan fingerprint density at radius 2 is 1.92 bits per heavy atom. The second-order valence-corrected chi connectivity index (χ2v) is 10.6. The lowest BCUT2D eigenvalue weighted by atomic mass is 10.0. The number of carboxylic acid groups (broad SMARTS) is 1. The van der Waals surface area contributed by atoms with E-state index in [4.69, 9.17) is 28.3 Å². The van der Waals surface area contributed by atoms with Crippen molar-refractivity contribution in [2.45, 2.75) is 43.4 Å². The SMILES string of the molecule is CN(C(=O)Cc1ccc(Cl)c(Cl)c1)[C@H](CN1CC[C@H](O)C1)c1cccc(NC(=O)C2(NC(=O)O)CC2)c1. The first-order valence-electron chi connectivity index (χ1n) is 12.1. The van der Waals surface area contributed by atoms with Crippen molar-refractivity contribution in [2.24, 2.45) is 0 Å². The molecule has 9 nitrogen and oxygen atoms in total. The summed E-state index contributed by atoms with van der Waals surface area (Å²) < 4.78 is 0. The van der Waals surface area contributed by atoms with Gasteiger partial charge in [-0.25, -0.2) is 4.79 Å². The Balaban J connectivity index is 1.54. The maximum Gasteiger partial charge on any atom is 0.405 e. The number of likely N-dealkylation sites (tertiary alicyclic amines) is 1. The third-order valence-corrected chi connectivity index (χ3v) is 7.68. The van der Waals surface area contributed by atoms with E-state index in [0.717, 1.165) is 11.1 Å². The molecule has 3 amide bonds. The van der Waals surface area contributed by atoms with Crippen molar-refractivity contribution < 1.29 is 24.6 Å². The van der Waals surface area contributed by atoms with E-state index in [1.54, 1.807) is 48.3 Å². The van der Waals surface area contributed by atoms with Crippen molar-refractivity contribution in [1.29, 1.82) is 0 Å². The highest BCUT2D eigenvalue weighted by Gasteiger charge is 2.51. The molecule has 2 aromatic rings. The first-order valence-corrected chi connectivity index (χ1v) is 12.8. The van der Waals surface area contributed by atoms with E-state index in [-0.39, 0.29) is 18.4 Å². The van der Waals surface area contributed by atoms with Crippen LogP contribution in [0, 0.1) is 0 Å². The average molecular weight is 549 g/mol. The first-order chi connectivity index (χ1) is 17.6. The van der Waals surface area contributed by atoms with Crippen LogP contribution in [0.1, 0.15) is 36.4 Å². The first kappa shape index (κ1) is 27.2. The average Bonchev–Trinajstić information content (AvgIpc) is 3.51. The molecule has 2 atom stereocenters. The Bertz CT molecular complexity index is 1190. The van der Waals surface area contributed by atoms with Gasteiger partial charge in [0.1, 0.15) is 5.54 Å². The number of carbonyl (C=O) groups excluding carboxylic acids is 2. The Labute approximate surface area is 225 Å². The van der Waals surface area contributed by atoms with Gasteiger partial charge in [-0.1, -0.05) is 41.4 Å². The number of benzene rings is 2. The lowest BCUT2D eigenvalue weighted by Gasteiger charge is -2.32. The molecule has 2 fully saturated rings. The summed E-state index contributed by atoms with van der Waals surface area (Å²) in [5.41, 5.74) is 0.959. The number of rotatable bonds is 9. The Kier molecular flexibility index (Phi) is 8.28. The van der Waals surface area contributed by atoms with E-state index in [1.165, 1.54) is 0 Å². The molecule has 0 radical (unpaired) electrons. The minimum atomic E-state index is -1.24. The molecule has 11 heteroatoms. The number of halogens is 2. The molecule has 0 spiro atoms. The summed E-state index contributed by atoms with van der Waals surface area (Å²) >= 11 is 12.1. The molecule has 0 unspecified atom stereocenters. The summed E-state index contributed by atoms with van der Waals surface area (Å²) in [5.74, 6) is -0.532. The van der Waals surface area contributed by atoms with E-state index in [2.05, 4.69) is 15.5 Å². The number of amides is 3. The Morgan fingerprint density at radius 3 is 2.54 bits per heavy atom. The van der Waals surface area contributed by atoms with Crippen molar-refractivity contribution >= 4 is 46.8 Å². The van der Waals surface area contributed by atoms with Crippen LogP contribution in [-0.4, -0.2) is 76.2 Å². The van der Waals surface area contributed by atoms with Crippen molar-refractivity contribution in [3.8, 4) is 0 Å². The van der Waals surface area contributed by atoms with Gasteiger partial charge >= 0.3 is 6.09 Å². The quantitative estimate of drug-likeness (QED) is 0.380. The van der Waals surface area contributed by atoms with Gasteiger partial charge in [-0.15, -0.1) is 0 Å². The molecule has 0 aromatic heterocycles. The summed E-state index contributed by atoms with van der Waals surface area (Å²) in [6.07, 6.45) is 0.0404. The largest absolute Gasteiger partial charge is 0.465 e. The van der Waals surface area contributed by atoms with E-state index >= 15 is 0 Å². The standard InChI is InChI=1S/C26H30Cl2N4O5/c1-31(23(34)12-16-5-6-20(27)21(28)11-16)22(15-32-10-7-19(33)14-32)17-3-2-4-18(13-17)29-24(35)26(8-9-26)30-25(36)37/h2-6,11,13,19,22,30,33H,7-10,12,14-15H2,1H3,(H,29,35)(H,36,37)/t19-,22+/m0/s1. The number of nitrogens with one attached hydrogen (secondary N) is 2. The van der Waals surface area contributed by atoms with Gasteiger partial charge in [0.25, 0.3) is 0 Å². The Hall–Kier alpha value is -2.85. The summed E-state index contributed by atoms with van der Waals surface area (Å²) in [4.78, 5) is 40.9. The number of aliphatic hydroxyl groups excluding tert-OH is 1. The molecule has 2 aromatic carbocycles. The number of likely N-dealkylation sites (N-methyl/N-ethyl adjacent to an activating group) is 1. The third-order valence-electron chi connectivity index (χ3n) is 6.94. The highest BCUT2D eigenvalue weighted by atomic mass is 35.5. The maximum absolute atomic E-state index is 13.3. The fraction of sp³-hybridized carbons (Fsp3) is 0.423. The molecule has 2 aliphatic rings. The van der Waals surface area contributed by atoms with E-state index < -0.39 is 23.6 Å². The number of aliphatic hydroxyl groups is 1. The van der Waals surface area contributed by atoms with Crippen LogP contribution in [-0.2, 0) is 16.0 Å². The molecule has 198 valence electrons. The highest BCUT2D eigenvalue weighted by molar-refractivity contribution is 6.42. The van der Waals surface area contributed by atoms with Crippen molar-refractivity contribution in [3.63, 3.8) is 0 Å². The van der Waals surface area contributed by atoms with E-state index in [0.29, 0.717) is 54.6 Å².